The summed E-state index contributed by atoms with van der Waals surface area (Å²) in [5, 5.41) is 9.46. The molecule has 0 unspecified atom stereocenters. The van der Waals surface area contributed by atoms with Gasteiger partial charge in [-0.05, 0) is 30.3 Å². The summed E-state index contributed by atoms with van der Waals surface area (Å²) in [6, 6.07) is 10.7. The first-order valence-corrected chi connectivity index (χ1v) is 9.17. The highest BCUT2D eigenvalue weighted by Crippen LogP contribution is 2.31. The number of aromatic nitrogens is 1. The SMILES string of the molecule is N#Cc1ccc(C(=O)N2CCN(c3nc4c(F)cc(F)cc4s3)CC2)cc1. The van der Waals surface area contributed by atoms with Gasteiger partial charge in [-0.15, -0.1) is 0 Å². The van der Waals surface area contributed by atoms with Crippen LogP contribution >= 0.6 is 11.3 Å². The summed E-state index contributed by atoms with van der Waals surface area (Å²) in [7, 11) is 0. The molecule has 1 amide bonds. The van der Waals surface area contributed by atoms with Crippen LogP contribution in [0.1, 0.15) is 15.9 Å². The average molecular weight is 384 g/mol. The number of piperazine rings is 1. The molecule has 4 rings (SSSR count). The standard InChI is InChI=1S/C19H14F2N4OS/c20-14-9-15(21)17-16(10-14)27-19(23-17)25-7-5-24(6-8-25)18(26)13-3-1-12(11-22)2-4-13/h1-4,9-10H,5-8H2. The van der Waals surface area contributed by atoms with Gasteiger partial charge >= 0.3 is 0 Å². The van der Waals surface area contributed by atoms with Crippen molar-refractivity contribution in [2.75, 3.05) is 31.1 Å². The number of nitrogens with zero attached hydrogens (tertiary/aromatic N) is 4. The van der Waals surface area contributed by atoms with Crippen LogP contribution in [-0.2, 0) is 0 Å². The first-order valence-electron chi connectivity index (χ1n) is 8.35. The normalized spacial score (nSPS) is 14.4. The van der Waals surface area contributed by atoms with E-state index < -0.39 is 11.6 Å². The second-order valence-corrected chi connectivity index (χ2v) is 7.21. The fourth-order valence-corrected chi connectivity index (χ4v) is 4.11. The fourth-order valence-electron chi connectivity index (χ4n) is 3.05. The van der Waals surface area contributed by atoms with Gasteiger partial charge in [-0.3, -0.25) is 4.79 Å². The van der Waals surface area contributed by atoms with Crippen LogP contribution in [0, 0.1) is 23.0 Å². The molecule has 1 aromatic heterocycles. The van der Waals surface area contributed by atoms with Crippen molar-refractivity contribution < 1.29 is 13.6 Å². The van der Waals surface area contributed by atoms with E-state index in [0.717, 1.165) is 6.07 Å². The maximum absolute atomic E-state index is 13.8. The van der Waals surface area contributed by atoms with Gasteiger partial charge in [0.25, 0.3) is 5.91 Å². The lowest BCUT2D eigenvalue weighted by atomic mass is 10.1. The summed E-state index contributed by atoms with van der Waals surface area (Å²) in [5.74, 6) is -1.37. The van der Waals surface area contributed by atoms with Crippen LogP contribution in [0.25, 0.3) is 10.2 Å². The second kappa shape index (κ2) is 6.93. The van der Waals surface area contributed by atoms with Crippen molar-refractivity contribution in [1.82, 2.24) is 9.88 Å². The number of anilines is 1. The van der Waals surface area contributed by atoms with Gasteiger partial charge in [-0.1, -0.05) is 11.3 Å². The number of halogens is 2. The molecule has 1 saturated heterocycles. The van der Waals surface area contributed by atoms with Gasteiger partial charge in [0, 0.05) is 37.8 Å². The number of amides is 1. The predicted octanol–water partition coefficient (Wildman–Crippen LogP) is 3.41. The number of nitriles is 1. The monoisotopic (exact) mass is 384 g/mol. The third-order valence-electron chi connectivity index (χ3n) is 4.50. The average Bonchev–Trinajstić information content (AvgIpc) is 3.12. The molecule has 0 atom stereocenters. The molecule has 136 valence electrons. The minimum Gasteiger partial charge on any atom is -0.345 e. The second-order valence-electron chi connectivity index (χ2n) is 6.20. The number of rotatable bonds is 2. The summed E-state index contributed by atoms with van der Waals surface area (Å²) in [6.45, 7) is 2.13. The first-order chi connectivity index (χ1) is 13.0. The Balaban J connectivity index is 1.46. The van der Waals surface area contributed by atoms with Crippen molar-refractivity contribution in [1.29, 1.82) is 5.26 Å². The molecule has 8 heteroatoms. The number of fused-ring (bicyclic) bond motifs is 1. The predicted molar refractivity (Wildman–Crippen MR) is 98.8 cm³/mol. The van der Waals surface area contributed by atoms with Crippen LogP contribution in [0.3, 0.4) is 0 Å². The molecule has 1 fully saturated rings. The van der Waals surface area contributed by atoms with Crippen molar-refractivity contribution in [3.05, 3.63) is 59.2 Å². The van der Waals surface area contributed by atoms with Crippen LogP contribution in [0.5, 0.6) is 0 Å². The minimum absolute atomic E-state index is 0.0865. The quantitative estimate of drug-likeness (QED) is 0.679. The van der Waals surface area contributed by atoms with Crippen molar-refractivity contribution in [3.63, 3.8) is 0 Å². The molecule has 3 aromatic rings. The van der Waals surface area contributed by atoms with Gasteiger partial charge in [-0.2, -0.15) is 5.26 Å². The maximum Gasteiger partial charge on any atom is 0.253 e. The highest BCUT2D eigenvalue weighted by atomic mass is 32.1. The zero-order valence-corrected chi connectivity index (χ0v) is 15.0. The molecule has 0 radical (unpaired) electrons. The van der Waals surface area contributed by atoms with Gasteiger partial charge in [0.1, 0.15) is 11.3 Å². The number of thiazole rings is 1. The van der Waals surface area contributed by atoms with Crippen LogP contribution in [0.2, 0.25) is 0 Å². The molecule has 1 aliphatic rings. The van der Waals surface area contributed by atoms with E-state index in [1.807, 2.05) is 11.0 Å². The van der Waals surface area contributed by atoms with Crippen LogP contribution in [0.15, 0.2) is 36.4 Å². The van der Waals surface area contributed by atoms with Crippen molar-refractivity contribution in [3.8, 4) is 6.07 Å². The third-order valence-corrected chi connectivity index (χ3v) is 5.56. The van der Waals surface area contributed by atoms with E-state index in [2.05, 4.69) is 4.98 Å². The summed E-state index contributed by atoms with van der Waals surface area (Å²) in [4.78, 5) is 20.6. The summed E-state index contributed by atoms with van der Waals surface area (Å²) in [6.07, 6.45) is 0. The number of hydrogen-bond acceptors (Lipinski definition) is 5. The Morgan fingerprint density at radius 2 is 1.81 bits per heavy atom. The molecule has 0 bridgehead atoms. The van der Waals surface area contributed by atoms with E-state index in [1.165, 1.54) is 17.4 Å². The van der Waals surface area contributed by atoms with E-state index in [4.69, 9.17) is 5.26 Å². The zero-order chi connectivity index (χ0) is 19.0. The molecular weight excluding hydrogens is 370 g/mol. The molecule has 0 aliphatic carbocycles. The highest BCUT2D eigenvalue weighted by Gasteiger charge is 2.24. The third kappa shape index (κ3) is 3.34. The molecule has 0 spiro atoms. The molecule has 1 aliphatic heterocycles. The van der Waals surface area contributed by atoms with E-state index in [0.29, 0.717) is 47.1 Å². The van der Waals surface area contributed by atoms with Crippen molar-refractivity contribution >= 4 is 32.6 Å². The Morgan fingerprint density at radius 1 is 1.11 bits per heavy atom. The summed E-state index contributed by atoms with van der Waals surface area (Å²) in [5.41, 5.74) is 1.23. The zero-order valence-electron chi connectivity index (χ0n) is 14.2. The molecule has 2 aromatic carbocycles. The Morgan fingerprint density at radius 3 is 2.48 bits per heavy atom. The maximum atomic E-state index is 13.8. The van der Waals surface area contributed by atoms with Crippen LogP contribution < -0.4 is 4.90 Å². The Hall–Kier alpha value is -3.05. The van der Waals surface area contributed by atoms with Crippen molar-refractivity contribution in [2.24, 2.45) is 0 Å². The number of benzene rings is 2. The van der Waals surface area contributed by atoms with Gasteiger partial charge < -0.3 is 9.80 Å². The number of carbonyl (C=O) groups is 1. The first kappa shape index (κ1) is 17.4. The lowest BCUT2D eigenvalue weighted by Gasteiger charge is -2.34. The van der Waals surface area contributed by atoms with Crippen LogP contribution in [0.4, 0.5) is 13.9 Å². The Bertz CT molecular complexity index is 1050. The number of hydrogen-bond donors (Lipinski definition) is 0. The summed E-state index contributed by atoms with van der Waals surface area (Å²) >= 11 is 1.24. The van der Waals surface area contributed by atoms with Crippen LogP contribution in [-0.4, -0.2) is 42.0 Å². The molecule has 2 heterocycles. The van der Waals surface area contributed by atoms with E-state index in [-0.39, 0.29) is 11.4 Å². The lowest BCUT2D eigenvalue weighted by molar-refractivity contribution is 0.0747. The van der Waals surface area contributed by atoms with Gasteiger partial charge in [-0.25, -0.2) is 13.8 Å². The molecule has 27 heavy (non-hydrogen) atoms. The van der Waals surface area contributed by atoms with E-state index in [9.17, 15) is 13.6 Å². The summed E-state index contributed by atoms with van der Waals surface area (Å²) < 4.78 is 27.7. The smallest absolute Gasteiger partial charge is 0.253 e. The van der Waals surface area contributed by atoms with Gasteiger partial charge in [0.05, 0.1) is 16.3 Å². The number of carbonyl (C=O) groups excluding carboxylic acids is 1. The molecule has 5 nitrogen and oxygen atoms in total. The minimum atomic E-state index is -0.665. The highest BCUT2D eigenvalue weighted by molar-refractivity contribution is 7.22. The largest absolute Gasteiger partial charge is 0.345 e. The van der Waals surface area contributed by atoms with Gasteiger partial charge in [0.2, 0.25) is 0 Å². The Kier molecular flexibility index (Phi) is 4.46. The van der Waals surface area contributed by atoms with E-state index >= 15 is 0 Å². The molecule has 0 saturated carbocycles. The lowest BCUT2D eigenvalue weighted by Crippen LogP contribution is -2.48. The molecule has 0 N–H and O–H groups in total. The topological polar surface area (TPSA) is 60.2 Å². The molecular formula is C19H14F2N4OS. The van der Waals surface area contributed by atoms with Gasteiger partial charge in [0.15, 0.2) is 10.9 Å². The Labute approximate surface area is 158 Å². The fraction of sp³-hybridized carbons (Fsp3) is 0.211. The van der Waals surface area contributed by atoms with Crippen molar-refractivity contribution in [2.45, 2.75) is 0 Å². The van der Waals surface area contributed by atoms with E-state index in [1.54, 1.807) is 29.2 Å².